The maximum atomic E-state index is 12.5. The fourth-order valence-corrected chi connectivity index (χ4v) is 3.98. The van der Waals surface area contributed by atoms with E-state index in [2.05, 4.69) is 75.4 Å². The van der Waals surface area contributed by atoms with Crippen molar-refractivity contribution in [1.82, 2.24) is 0 Å². The van der Waals surface area contributed by atoms with Crippen molar-refractivity contribution in [2.75, 3.05) is 0 Å². The summed E-state index contributed by atoms with van der Waals surface area (Å²) in [5.74, 6) is 1.37. The molecule has 0 N–H and O–H groups in total. The Morgan fingerprint density at radius 2 is 1.88 bits per heavy atom. The SMILES string of the molecule is CCC1C(CCC(=O)Cc2ccc(C(C)C)cc2)=CC=C1C1=CC=CC1. The summed E-state index contributed by atoms with van der Waals surface area (Å²) < 4.78 is 0. The van der Waals surface area contributed by atoms with Crippen molar-refractivity contribution in [1.29, 1.82) is 0 Å². The van der Waals surface area contributed by atoms with Gasteiger partial charge in [-0.2, -0.15) is 0 Å². The number of hydrogen-bond acceptors (Lipinski definition) is 1. The van der Waals surface area contributed by atoms with Gasteiger partial charge in [0.15, 0.2) is 0 Å². The molecule has 0 spiro atoms. The van der Waals surface area contributed by atoms with Crippen molar-refractivity contribution in [2.45, 2.75) is 58.8 Å². The Morgan fingerprint density at radius 1 is 1.12 bits per heavy atom. The van der Waals surface area contributed by atoms with E-state index in [4.69, 9.17) is 0 Å². The molecule has 1 heteroatoms. The molecule has 0 fully saturated rings. The molecular formula is C25H30O. The normalized spacial score (nSPS) is 18.9. The second kappa shape index (κ2) is 8.49. The third kappa shape index (κ3) is 4.33. The highest BCUT2D eigenvalue weighted by molar-refractivity contribution is 5.81. The van der Waals surface area contributed by atoms with E-state index in [9.17, 15) is 4.79 Å². The summed E-state index contributed by atoms with van der Waals surface area (Å²) in [6.07, 6.45) is 15.4. The first-order valence-corrected chi connectivity index (χ1v) is 9.95. The van der Waals surface area contributed by atoms with Gasteiger partial charge in [-0.25, -0.2) is 0 Å². The highest BCUT2D eigenvalue weighted by atomic mass is 16.1. The number of hydrogen-bond donors (Lipinski definition) is 0. The molecule has 0 radical (unpaired) electrons. The average Bonchev–Trinajstić information content (AvgIpc) is 3.29. The van der Waals surface area contributed by atoms with E-state index < -0.39 is 0 Å². The van der Waals surface area contributed by atoms with Crippen LogP contribution in [0.4, 0.5) is 0 Å². The first-order chi connectivity index (χ1) is 12.6. The second-order valence-corrected chi connectivity index (χ2v) is 7.76. The Labute approximate surface area is 158 Å². The summed E-state index contributed by atoms with van der Waals surface area (Å²) in [4.78, 5) is 12.5. The third-order valence-electron chi connectivity index (χ3n) is 5.59. The van der Waals surface area contributed by atoms with Crippen LogP contribution < -0.4 is 0 Å². The lowest BCUT2D eigenvalue weighted by Gasteiger charge is -2.19. The Hall–Kier alpha value is -2.15. The highest BCUT2D eigenvalue weighted by Crippen LogP contribution is 2.38. The fraction of sp³-hybridized carbons (Fsp3) is 0.400. The van der Waals surface area contributed by atoms with Gasteiger partial charge in [0.25, 0.3) is 0 Å². The van der Waals surface area contributed by atoms with E-state index >= 15 is 0 Å². The van der Waals surface area contributed by atoms with Crippen LogP contribution in [0.25, 0.3) is 0 Å². The van der Waals surface area contributed by atoms with E-state index in [1.54, 1.807) is 0 Å². The van der Waals surface area contributed by atoms with Gasteiger partial charge in [-0.1, -0.05) is 81.0 Å². The van der Waals surface area contributed by atoms with Crippen LogP contribution in [-0.2, 0) is 11.2 Å². The quantitative estimate of drug-likeness (QED) is 0.526. The van der Waals surface area contributed by atoms with E-state index in [0.717, 1.165) is 24.8 Å². The van der Waals surface area contributed by atoms with Gasteiger partial charge in [-0.3, -0.25) is 4.79 Å². The third-order valence-corrected chi connectivity index (χ3v) is 5.59. The van der Waals surface area contributed by atoms with Gasteiger partial charge in [0, 0.05) is 18.8 Å². The van der Waals surface area contributed by atoms with Gasteiger partial charge in [0.05, 0.1) is 0 Å². The number of allylic oxidation sites excluding steroid dienone is 8. The van der Waals surface area contributed by atoms with Crippen molar-refractivity contribution < 1.29 is 4.79 Å². The summed E-state index contributed by atoms with van der Waals surface area (Å²) >= 11 is 0. The zero-order valence-corrected chi connectivity index (χ0v) is 16.3. The number of carbonyl (C=O) groups is 1. The number of Topliss-reactive ketones (excluding diaryl/α,β-unsaturated/α-hetero) is 1. The molecule has 136 valence electrons. The molecule has 0 bridgehead atoms. The van der Waals surface area contributed by atoms with E-state index in [-0.39, 0.29) is 0 Å². The van der Waals surface area contributed by atoms with Gasteiger partial charge in [-0.05, 0) is 47.5 Å². The van der Waals surface area contributed by atoms with Crippen LogP contribution in [0.5, 0.6) is 0 Å². The van der Waals surface area contributed by atoms with Crippen LogP contribution in [0, 0.1) is 5.92 Å². The lowest BCUT2D eigenvalue weighted by Crippen LogP contribution is -2.08. The zero-order valence-electron chi connectivity index (χ0n) is 16.3. The second-order valence-electron chi connectivity index (χ2n) is 7.76. The minimum absolute atomic E-state index is 0.341. The number of carbonyl (C=O) groups excluding carboxylic acids is 1. The van der Waals surface area contributed by atoms with Crippen LogP contribution >= 0.6 is 0 Å². The molecule has 1 aromatic carbocycles. The molecule has 2 aliphatic rings. The Bertz CT molecular complexity index is 769. The molecule has 0 heterocycles. The molecule has 3 rings (SSSR count). The summed E-state index contributed by atoms with van der Waals surface area (Å²) in [6, 6.07) is 8.52. The standard InChI is InChI=1S/C25H30O/c1-4-24-22(14-16-25(24)21-7-5-6-8-21)13-15-23(26)17-19-9-11-20(12-10-19)18(2)3/h5-7,9-12,14,16,18,24H,4,8,13,15,17H2,1-3H3. The summed E-state index contributed by atoms with van der Waals surface area (Å²) in [5, 5.41) is 0. The van der Waals surface area contributed by atoms with Crippen LogP contribution in [0.3, 0.4) is 0 Å². The molecule has 1 unspecified atom stereocenters. The van der Waals surface area contributed by atoms with Gasteiger partial charge in [-0.15, -0.1) is 0 Å². The maximum absolute atomic E-state index is 12.5. The molecule has 2 aliphatic carbocycles. The maximum Gasteiger partial charge on any atom is 0.137 e. The van der Waals surface area contributed by atoms with Crippen LogP contribution in [0.2, 0.25) is 0 Å². The van der Waals surface area contributed by atoms with E-state index in [1.807, 2.05) is 0 Å². The number of rotatable bonds is 8. The molecule has 0 amide bonds. The van der Waals surface area contributed by atoms with Gasteiger partial charge < -0.3 is 0 Å². The van der Waals surface area contributed by atoms with Crippen molar-refractivity contribution in [3.63, 3.8) is 0 Å². The van der Waals surface area contributed by atoms with Crippen LogP contribution in [-0.4, -0.2) is 5.78 Å². The fourth-order valence-electron chi connectivity index (χ4n) is 3.98. The smallest absolute Gasteiger partial charge is 0.137 e. The zero-order chi connectivity index (χ0) is 18.5. The molecule has 0 saturated carbocycles. The molecule has 0 saturated heterocycles. The molecule has 1 nitrogen and oxygen atoms in total. The van der Waals surface area contributed by atoms with Gasteiger partial charge in [0.1, 0.15) is 5.78 Å². The lowest BCUT2D eigenvalue weighted by molar-refractivity contribution is -0.118. The van der Waals surface area contributed by atoms with Crippen LogP contribution in [0.15, 0.2) is 71.4 Å². The topological polar surface area (TPSA) is 17.1 Å². The monoisotopic (exact) mass is 346 g/mol. The van der Waals surface area contributed by atoms with Gasteiger partial charge >= 0.3 is 0 Å². The number of ketones is 1. The van der Waals surface area contributed by atoms with E-state index in [1.165, 1.54) is 22.3 Å². The summed E-state index contributed by atoms with van der Waals surface area (Å²) in [7, 11) is 0. The predicted molar refractivity (Wildman–Crippen MR) is 110 cm³/mol. The summed E-state index contributed by atoms with van der Waals surface area (Å²) in [5.41, 5.74) is 6.80. The minimum Gasteiger partial charge on any atom is -0.299 e. The molecular weight excluding hydrogens is 316 g/mol. The van der Waals surface area contributed by atoms with Crippen molar-refractivity contribution in [3.8, 4) is 0 Å². The Kier molecular flexibility index (Phi) is 6.08. The van der Waals surface area contributed by atoms with Crippen molar-refractivity contribution in [2.24, 2.45) is 5.92 Å². The van der Waals surface area contributed by atoms with E-state index in [0.29, 0.717) is 30.5 Å². The molecule has 0 aliphatic heterocycles. The van der Waals surface area contributed by atoms with Gasteiger partial charge in [0.2, 0.25) is 0 Å². The first-order valence-electron chi connectivity index (χ1n) is 9.95. The molecule has 1 aromatic rings. The molecule has 26 heavy (non-hydrogen) atoms. The van der Waals surface area contributed by atoms with Crippen molar-refractivity contribution >= 4 is 5.78 Å². The van der Waals surface area contributed by atoms with Crippen molar-refractivity contribution in [3.05, 3.63) is 82.5 Å². The first kappa shape index (κ1) is 18.6. The largest absolute Gasteiger partial charge is 0.299 e. The highest BCUT2D eigenvalue weighted by Gasteiger charge is 2.24. The number of benzene rings is 1. The summed E-state index contributed by atoms with van der Waals surface area (Å²) in [6.45, 7) is 6.64. The molecule has 0 aromatic heterocycles. The molecule has 1 atom stereocenters. The Balaban J connectivity index is 1.51. The Morgan fingerprint density at radius 3 is 2.50 bits per heavy atom. The minimum atomic E-state index is 0.341. The van der Waals surface area contributed by atoms with Crippen LogP contribution in [0.1, 0.15) is 63.5 Å². The average molecular weight is 347 g/mol. The lowest BCUT2D eigenvalue weighted by atomic mass is 9.85. The predicted octanol–water partition coefficient (Wildman–Crippen LogP) is 6.48.